The molecule has 0 aromatic carbocycles. The van der Waals surface area contributed by atoms with Crippen LogP contribution < -0.4 is 5.73 Å². The summed E-state index contributed by atoms with van der Waals surface area (Å²) in [7, 11) is -2.81. The maximum atomic E-state index is 11.2. The lowest BCUT2D eigenvalue weighted by atomic mass is 9.93. The van der Waals surface area contributed by atoms with Crippen molar-refractivity contribution in [3.05, 3.63) is 0 Å². The highest BCUT2D eigenvalue weighted by Gasteiger charge is 2.65. The predicted octanol–water partition coefficient (Wildman–Crippen LogP) is -0.725. The van der Waals surface area contributed by atoms with Gasteiger partial charge in [0.1, 0.15) is 9.84 Å². The molecule has 0 amide bonds. The van der Waals surface area contributed by atoms with Crippen LogP contribution in [0, 0.1) is 5.41 Å². The normalized spacial score (nSPS) is 40.5. The van der Waals surface area contributed by atoms with Gasteiger partial charge in [-0.25, -0.2) is 8.42 Å². The molecule has 76 valence electrons. The summed E-state index contributed by atoms with van der Waals surface area (Å²) in [6.07, 6.45) is 2.05. The van der Waals surface area contributed by atoms with Crippen molar-refractivity contribution in [3.63, 3.8) is 0 Å². The van der Waals surface area contributed by atoms with Gasteiger partial charge in [0.05, 0.1) is 18.1 Å². The summed E-state index contributed by atoms with van der Waals surface area (Å²) in [5, 5.41) is 9.04. The molecule has 0 aromatic rings. The minimum absolute atomic E-state index is 0.0208. The van der Waals surface area contributed by atoms with E-state index in [2.05, 4.69) is 0 Å². The van der Waals surface area contributed by atoms with Gasteiger partial charge >= 0.3 is 0 Å². The number of hydrogen-bond donors (Lipinski definition) is 2. The van der Waals surface area contributed by atoms with Crippen molar-refractivity contribution >= 4 is 9.84 Å². The third kappa shape index (κ3) is 1.30. The molecule has 1 aliphatic heterocycles. The van der Waals surface area contributed by atoms with E-state index in [0.29, 0.717) is 12.8 Å². The number of aliphatic hydroxyl groups is 1. The molecule has 1 heterocycles. The summed E-state index contributed by atoms with van der Waals surface area (Å²) in [5.41, 5.74) is 5.35. The first-order valence-electron chi connectivity index (χ1n) is 4.53. The second kappa shape index (κ2) is 2.46. The van der Waals surface area contributed by atoms with E-state index in [1.807, 2.05) is 0 Å². The van der Waals surface area contributed by atoms with Crippen molar-refractivity contribution in [2.45, 2.75) is 24.8 Å². The van der Waals surface area contributed by atoms with Crippen LogP contribution in [0.1, 0.15) is 19.3 Å². The average Bonchev–Trinajstić information content (AvgIpc) is 2.66. The minimum Gasteiger partial charge on any atom is -0.394 e. The van der Waals surface area contributed by atoms with E-state index in [1.54, 1.807) is 0 Å². The second-order valence-corrected chi connectivity index (χ2v) is 6.73. The van der Waals surface area contributed by atoms with Gasteiger partial charge < -0.3 is 10.8 Å². The molecule has 5 heteroatoms. The molecule has 1 atom stereocenters. The third-order valence-electron chi connectivity index (χ3n) is 3.65. The third-order valence-corrected chi connectivity index (χ3v) is 5.30. The molecule has 1 saturated carbocycles. The summed E-state index contributed by atoms with van der Waals surface area (Å²) in [6.45, 7) is -0.0208. The lowest BCUT2D eigenvalue weighted by molar-refractivity contribution is 0.217. The van der Waals surface area contributed by atoms with E-state index < -0.39 is 15.4 Å². The number of hydrogen-bond acceptors (Lipinski definition) is 4. The SMILES string of the molecule is NC1(CO)CC12CCS(=O)(=O)CC2. The first kappa shape index (κ1) is 9.43. The Bertz CT molecular complexity index is 310. The maximum Gasteiger partial charge on any atom is 0.150 e. The molecular formula is C8H15NO3S. The van der Waals surface area contributed by atoms with Gasteiger partial charge in [-0.1, -0.05) is 0 Å². The van der Waals surface area contributed by atoms with E-state index in [4.69, 9.17) is 10.8 Å². The van der Waals surface area contributed by atoms with E-state index in [0.717, 1.165) is 6.42 Å². The highest BCUT2D eigenvalue weighted by Crippen LogP contribution is 2.60. The Morgan fingerprint density at radius 2 is 1.85 bits per heavy atom. The van der Waals surface area contributed by atoms with Gasteiger partial charge in [-0.3, -0.25) is 0 Å². The van der Waals surface area contributed by atoms with Gasteiger partial charge in [0.2, 0.25) is 0 Å². The lowest BCUT2D eigenvalue weighted by Crippen LogP contribution is -2.39. The maximum absolute atomic E-state index is 11.2. The summed E-state index contributed by atoms with van der Waals surface area (Å²) in [5.74, 6) is 0.484. The zero-order valence-electron chi connectivity index (χ0n) is 7.49. The molecule has 2 rings (SSSR count). The van der Waals surface area contributed by atoms with Crippen molar-refractivity contribution in [2.75, 3.05) is 18.1 Å². The Labute approximate surface area is 78.0 Å². The molecular weight excluding hydrogens is 190 g/mol. The molecule has 2 fully saturated rings. The number of nitrogens with two attached hydrogens (primary N) is 1. The lowest BCUT2D eigenvalue weighted by Gasteiger charge is -2.25. The molecule has 3 N–H and O–H groups in total. The number of sulfone groups is 1. The molecule has 2 aliphatic rings. The van der Waals surface area contributed by atoms with Crippen LogP contribution >= 0.6 is 0 Å². The fourth-order valence-corrected chi connectivity index (χ4v) is 3.99. The Kier molecular flexibility index (Phi) is 1.78. The molecule has 1 unspecified atom stereocenters. The van der Waals surface area contributed by atoms with Crippen LogP contribution in [-0.2, 0) is 9.84 Å². The number of rotatable bonds is 1. The summed E-state index contributed by atoms with van der Waals surface area (Å²) in [4.78, 5) is 0. The van der Waals surface area contributed by atoms with Crippen molar-refractivity contribution < 1.29 is 13.5 Å². The Hall–Kier alpha value is -0.130. The van der Waals surface area contributed by atoms with Gasteiger partial charge in [-0.05, 0) is 24.7 Å². The van der Waals surface area contributed by atoms with Crippen molar-refractivity contribution in [2.24, 2.45) is 11.1 Å². The fraction of sp³-hybridized carbons (Fsp3) is 1.00. The van der Waals surface area contributed by atoms with E-state index in [1.165, 1.54) is 0 Å². The minimum atomic E-state index is -2.81. The van der Waals surface area contributed by atoms with Crippen LogP contribution in [0.2, 0.25) is 0 Å². The standard InChI is InChI=1S/C8H15NO3S/c9-8(6-10)5-7(8)1-3-13(11,12)4-2-7/h10H,1-6,9H2. The largest absolute Gasteiger partial charge is 0.394 e. The molecule has 1 saturated heterocycles. The van der Waals surface area contributed by atoms with Gasteiger partial charge in [-0.15, -0.1) is 0 Å². The van der Waals surface area contributed by atoms with Gasteiger partial charge in [-0.2, -0.15) is 0 Å². The monoisotopic (exact) mass is 205 g/mol. The summed E-state index contributed by atoms with van der Waals surface area (Å²) in [6, 6.07) is 0. The van der Waals surface area contributed by atoms with Gasteiger partial charge in [0.15, 0.2) is 0 Å². The summed E-state index contributed by atoms with van der Waals surface area (Å²) < 4.78 is 22.3. The zero-order valence-corrected chi connectivity index (χ0v) is 8.31. The smallest absolute Gasteiger partial charge is 0.150 e. The Morgan fingerprint density at radius 1 is 1.31 bits per heavy atom. The molecule has 0 radical (unpaired) electrons. The second-order valence-electron chi connectivity index (χ2n) is 4.42. The fourth-order valence-electron chi connectivity index (χ4n) is 2.39. The van der Waals surface area contributed by atoms with Crippen molar-refractivity contribution in [1.82, 2.24) is 0 Å². The Balaban J connectivity index is 2.09. The van der Waals surface area contributed by atoms with E-state index in [9.17, 15) is 8.42 Å². The predicted molar refractivity (Wildman–Crippen MR) is 48.9 cm³/mol. The number of aliphatic hydroxyl groups excluding tert-OH is 1. The van der Waals surface area contributed by atoms with Gasteiger partial charge in [0, 0.05) is 5.54 Å². The topological polar surface area (TPSA) is 80.4 Å². The van der Waals surface area contributed by atoms with E-state index >= 15 is 0 Å². The molecule has 13 heavy (non-hydrogen) atoms. The molecule has 1 spiro atoms. The Morgan fingerprint density at radius 3 is 2.23 bits per heavy atom. The van der Waals surface area contributed by atoms with Crippen LogP contribution in [0.3, 0.4) is 0 Å². The quantitative estimate of drug-likeness (QED) is 0.591. The van der Waals surface area contributed by atoms with Crippen molar-refractivity contribution in [1.29, 1.82) is 0 Å². The average molecular weight is 205 g/mol. The summed E-state index contributed by atoms with van der Waals surface area (Å²) >= 11 is 0. The highest BCUT2D eigenvalue weighted by molar-refractivity contribution is 7.91. The van der Waals surface area contributed by atoms with Crippen molar-refractivity contribution in [3.8, 4) is 0 Å². The first-order valence-corrected chi connectivity index (χ1v) is 6.35. The first-order chi connectivity index (χ1) is 5.93. The van der Waals surface area contributed by atoms with Crippen LogP contribution in [-0.4, -0.2) is 37.2 Å². The highest BCUT2D eigenvalue weighted by atomic mass is 32.2. The zero-order chi connectivity index (χ0) is 9.74. The molecule has 1 aliphatic carbocycles. The molecule has 0 aromatic heterocycles. The molecule has 4 nitrogen and oxygen atoms in total. The van der Waals surface area contributed by atoms with Crippen LogP contribution in [0.15, 0.2) is 0 Å². The van der Waals surface area contributed by atoms with E-state index in [-0.39, 0.29) is 23.5 Å². The van der Waals surface area contributed by atoms with Crippen LogP contribution in [0.4, 0.5) is 0 Å². The van der Waals surface area contributed by atoms with Gasteiger partial charge in [0.25, 0.3) is 0 Å². The molecule has 0 bridgehead atoms. The van der Waals surface area contributed by atoms with Crippen LogP contribution in [0.5, 0.6) is 0 Å². The van der Waals surface area contributed by atoms with Crippen LogP contribution in [0.25, 0.3) is 0 Å².